The first-order chi connectivity index (χ1) is 11.3. The highest BCUT2D eigenvalue weighted by Gasteiger charge is 2.52. The standard InChI is InChI=1S/C20H35N3O.ClH/c1-13(23-5-4-17(21)19(2,3)12-23)18(24)22-20-9-14-6-15(10-20)8-16(7-14)11-20;/h13-17H,4-12,21H2,1-3H3,(H,22,24);1H. The second-order valence-electron chi connectivity index (χ2n) is 10.2. The van der Waals surface area contributed by atoms with Gasteiger partial charge in [-0.1, -0.05) is 13.8 Å². The van der Waals surface area contributed by atoms with Crippen molar-refractivity contribution in [2.24, 2.45) is 28.9 Å². The monoisotopic (exact) mass is 369 g/mol. The fourth-order valence-corrected chi connectivity index (χ4v) is 6.54. The van der Waals surface area contributed by atoms with E-state index in [4.69, 9.17) is 5.73 Å². The predicted molar refractivity (Wildman–Crippen MR) is 104 cm³/mol. The minimum Gasteiger partial charge on any atom is -0.349 e. The Hall–Kier alpha value is -0.320. The van der Waals surface area contributed by atoms with Crippen LogP contribution in [0, 0.1) is 23.2 Å². The molecular weight excluding hydrogens is 334 g/mol. The molecule has 5 rings (SSSR count). The molecule has 144 valence electrons. The molecule has 4 saturated carbocycles. The van der Waals surface area contributed by atoms with Gasteiger partial charge in [0.2, 0.25) is 5.91 Å². The maximum atomic E-state index is 13.0. The summed E-state index contributed by atoms with van der Waals surface area (Å²) in [5, 5.41) is 3.55. The zero-order valence-corrected chi connectivity index (χ0v) is 16.9. The maximum Gasteiger partial charge on any atom is 0.237 e. The maximum absolute atomic E-state index is 13.0. The molecule has 1 aliphatic heterocycles. The Morgan fingerprint density at radius 2 is 1.64 bits per heavy atom. The Morgan fingerprint density at radius 1 is 1.12 bits per heavy atom. The molecule has 3 N–H and O–H groups in total. The van der Waals surface area contributed by atoms with Crippen molar-refractivity contribution in [3.8, 4) is 0 Å². The number of halogens is 1. The summed E-state index contributed by atoms with van der Waals surface area (Å²) in [6, 6.07) is 0.206. The third-order valence-corrected chi connectivity index (χ3v) is 7.70. The van der Waals surface area contributed by atoms with Crippen LogP contribution in [0.5, 0.6) is 0 Å². The molecule has 0 aromatic carbocycles. The summed E-state index contributed by atoms with van der Waals surface area (Å²) in [4.78, 5) is 15.4. The van der Waals surface area contributed by atoms with Crippen LogP contribution in [0.1, 0.15) is 65.7 Å². The van der Waals surface area contributed by atoms with Gasteiger partial charge in [0.25, 0.3) is 0 Å². The van der Waals surface area contributed by atoms with Gasteiger partial charge in [-0.15, -0.1) is 12.4 Å². The van der Waals surface area contributed by atoms with E-state index < -0.39 is 0 Å². The molecule has 0 aromatic heterocycles. The molecule has 1 amide bonds. The summed E-state index contributed by atoms with van der Waals surface area (Å²) in [7, 11) is 0. The van der Waals surface area contributed by atoms with Gasteiger partial charge < -0.3 is 11.1 Å². The lowest BCUT2D eigenvalue weighted by Gasteiger charge is -2.57. The molecule has 5 fully saturated rings. The van der Waals surface area contributed by atoms with Crippen LogP contribution in [0.4, 0.5) is 0 Å². The van der Waals surface area contributed by atoms with Crippen LogP contribution in [0.3, 0.4) is 0 Å². The molecule has 25 heavy (non-hydrogen) atoms. The smallest absolute Gasteiger partial charge is 0.237 e. The molecule has 2 unspecified atom stereocenters. The zero-order valence-electron chi connectivity index (χ0n) is 16.1. The number of nitrogens with zero attached hydrogens (tertiary/aromatic N) is 1. The summed E-state index contributed by atoms with van der Waals surface area (Å²) in [6.07, 6.45) is 8.94. The fraction of sp³-hybridized carbons (Fsp3) is 0.950. The van der Waals surface area contributed by atoms with Crippen molar-refractivity contribution in [3.63, 3.8) is 0 Å². The van der Waals surface area contributed by atoms with Crippen molar-refractivity contribution in [1.82, 2.24) is 10.2 Å². The predicted octanol–water partition coefficient (Wildman–Crippen LogP) is 2.94. The van der Waals surface area contributed by atoms with Crippen molar-refractivity contribution in [3.05, 3.63) is 0 Å². The van der Waals surface area contributed by atoms with Crippen molar-refractivity contribution in [2.45, 2.75) is 83.3 Å². The van der Waals surface area contributed by atoms with Crippen LogP contribution < -0.4 is 11.1 Å². The minimum atomic E-state index is -0.0372. The average Bonchev–Trinajstić information content (AvgIpc) is 2.47. The van der Waals surface area contributed by atoms with Gasteiger partial charge in [0.05, 0.1) is 6.04 Å². The van der Waals surface area contributed by atoms with Crippen molar-refractivity contribution >= 4 is 18.3 Å². The summed E-state index contributed by atoms with van der Waals surface area (Å²) < 4.78 is 0. The third-order valence-electron chi connectivity index (χ3n) is 7.70. The van der Waals surface area contributed by atoms with Crippen LogP contribution in [-0.4, -0.2) is 41.5 Å². The van der Waals surface area contributed by atoms with Crippen molar-refractivity contribution in [1.29, 1.82) is 0 Å². The van der Waals surface area contributed by atoms with Gasteiger partial charge in [-0.05, 0) is 75.0 Å². The van der Waals surface area contributed by atoms with E-state index in [9.17, 15) is 4.79 Å². The Kier molecular flexibility index (Phi) is 5.20. The lowest BCUT2D eigenvalue weighted by molar-refractivity contribution is -0.133. The first-order valence-corrected chi connectivity index (χ1v) is 10.1. The SMILES string of the molecule is CC(C(=O)NC12CC3CC(CC(C3)C1)C2)N1CCC(N)C(C)(C)C1.Cl. The number of likely N-dealkylation sites (tertiary alicyclic amines) is 1. The van der Waals surface area contributed by atoms with Crippen LogP contribution in [0.2, 0.25) is 0 Å². The number of carbonyl (C=O) groups excluding carboxylic acids is 1. The van der Waals surface area contributed by atoms with E-state index in [1.807, 2.05) is 0 Å². The van der Waals surface area contributed by atoms with Gasteiger partial charge in [-0.2, -0.15) is 0 Å². The molecule has 2 atom stereocenters. The molecule has 0 spiro atoms. The summed E-state index contributed by atoms with van der Waals surface area (Å²) >= 11 is 0. The lowest BCUT2D eigenvalue weighted by atomic mass is 9.53. The van der Waals surface area contributed by atoms with Crippen molar-refractivity contribution in [2.75, 3.05) is 13.1 Å². The van der Waals surface area contributed by atoms with E-state index in [1.165, 1.54) is 38.5 Å². The number of piperidine rings is 1. The number of nitrogens with one attached hydrogen (secondary N) is 1. The Labute approximate surface area is 159 Å². The number of hydrogen-bond donors (Lipinski definition) is 2. The molecule has 1 heterocycles. The Balaban J connectivity index is 0.00000182. The second kappa shape index (κ2) is 6.69. The largest absolute Gasteiger partial charge is 0.349 e. The minimum absolute atomic E-state index is 0. The highest BCUT2D eigenvalue weighted by molar-refractivity contribution is 5.85. The van der Waals surface area contributed by atoms with E-state index in [1.54, 1.807) is 0 Å². The fourth-order valence-electron chi connectivity index (χ4n) is 6.54. The van der Waals surface area contributed by atoms with Crippen LogP contribution in [-0.2, 0) is 4.79 Å². The first kappa shape index (κ1) is 19.4. The quantitative estimate of drug-likeness (QED) is 0.804. The second-order valence-corrected chi connectivity index (χ2v) is 10.2. The average molecular weight is 370 g/mol. The van der Waals surface area contributed by atoms with E-state index in [0.717, 1.165) is 37.3 Å². The lowest BCUT2D eigenvalue weighted by Crippen LogP contribution is -2.63. The molecule has 4 aliphatic carbocycles. The van der Waals surface area contributed by atoms with Crippen molar-refractivity contribution < 1.29 is 4.79 Å². The number of rotatable bonds is 3. The summed E-state index contributed by atoms with van der Waals surface area (Å²) in [5.74, 6) is 2.87. The normalized spacial score (nSPS) is 43.4. The van der Waals surface area contributed by atoms with Crippen LogP contribution in [0.15, 0.2) is 0 Å². The number of amides is 1. The zero-order chi connectivity index (χ0) is 17.1. The molecule has 1 saturated heterocycles. The Bertz CT molecular complexity index is 486. The van der Waals surface area contributed by atoms with E-state index >= 15 is 0 Å². The summed E-state index contributed by atoms with van der Waals surface area (Å²) in [5.41, 5.74) is 6.48. The molecule has 5 aliphatic rings. The van der Waals surface area contributed by atoms with Gasteiger partial charge in [-0.3, -0.25) is 9.69 Å². The summed E-state index contributed by atoms with van der Waals surface area (Å²) in [6.45, 7) is 8.41. The van der Waals surface area contributed by atoms with E-state index in [2.05, 4.69) is 31.0 Å². The van der Waals surface area contributed by atoms with Gasteiger partial charge in [0.15, 0.2) is 0 Å². The molecule has 5 heteroatoms. The van der Waals surface area contributed by atoms with Gasteiger partial charge in [0, 0.05) is 24.7 Å². The van der Waals surface area contributed by atoms with Crippen LogP contribution >= 0.6 is 12.4 Å². The molecule has 0 aromatic rings. The van der Waals surface area contributed by atoms with Gasteiger partial charge in [-0.25, -0.2) is 0 Å². The number of nitrogens with two attached hydrogens (primary N) is 1. The number of hydrogen-bond acceptors (Lipinski definition) is 3. The van der Waals surface area contributed by atoms with Gasteiger partial charge in [0.1, 0.15) is 0 Å². The molecular formula is C20H36ClN3O. The molecule has 0 radical (unpaired) electrons. The molecule has 4 bridgehead atoms. The highest BCUT2D eigenvalue weighted by atomic mass is 35.5. The van der Waals surface area contributed by atoms with E-state index in [0.29, 0.717) is 0 Å². The first-order valence-electron chi connectivity index (χ1n) is 10.1. The highest BCUT2D eigenvalue weighted by Crippen LogP contribution is 2.55. The molecule has 4 nitrogen and oxygen atoms in total. The topological polar surface area (TPSA) is 58.4 Å². The Morgan fingerprint density at radius 3 is 2.12 bits per heavy atom. The third kappa shape index (κ3) is 3.59. The van der Waals surface area contributed by atoms with E-state index in [-0.39, 0.29) is 41.4 Å². The number of carbonyl (C=O) groups is 1. The van der Waals surface area contributed by atoms with Crippen LogP contribution in [0.25, 0.3) is 0 Å². The van der Waals surface area contributed by atoms with Gasteiger partial charge >= 0.3 is 0 Å².